The number of carbonyl (C=O) groups excluding carboxylic acids is 2. The van der Waals surface area contributed by atoms with E-state index < -0.39 is 28.5 Å². The predicted molar refractivity (Wildman–Crippen MR) is 145 cm³/mol. The average molecular weight is 607 g/mol. The number of rotatable bonds is 11. The lowest BCUT2D eigenvalue weighted by Crippen LogP contribution is -2.52. The lowest BCUT2D eigenvalue weighted by atomic mass is 10.1. The molecule has 11 heteroatoms. The highest BCUT2D eigenvalue weighted by Gasteiger charge is 2.32. The number of nitrogens with one attached hydrogen (secondary N) is 1. The van der Waals surface area contributed by atoms with Gasteiger partial charge in [0, 0.05) is 33.2 Å². The number of anilines is 1. The Morgan fingerprint density at radius 3 is 2.20 bits per heavy atom. The third-order valence-electron chi connectivity index (χ3n) is 5.24. The maximum Gasteiger partial charge on any atom is 0.244 e. The highest BCUT2D eigenvalue weighted by Crippen LogP contribution is 2.28. The summed E-state index contributed by atoms with van der Waals surface area (Å²) in [5.41, 5.74) is 0.802. The van der Waals surface area contributed by atoms with Crippen molar-refractivity contribution in [3.63, 3.8) is 0 Å². The Morgan fingerprint density at radius 1 is 1.09 bits per heavy atom. The highest BCUT2D eigenvalue weighted by atomic mass is 79.9. The molecule has 0 saturated heterocycles. The van der Waals surface area contributed by atoms with Crippen molar-refractivity contribution < 1.29 is 18.0 Å². The van der Waals surface area contributed by atoms with Gasteiger partial charge in [-0.3, -0.25) is 13.9 Å². The molecule has 35 heavy (non-hydrogen) atoms. The van der Waals surface area contributed by atoms with Gasteiger partial charge < -0.3 is 10.2 Å². The van der Waals surface area contributed by atoms with Crippen LogP contribution in [0.1, 0.15) is 32.8 Å². The molecule has 192 valence electrons. The van der Waals surface area contributed by atoms with Gasteiger partial charge in [-0.1, -0.05) is 72.0 Å². The first-order valence-corrected chi connectivity index (χ1v) is 14.5. The Balaban J connectivity index is 2.48. The Labute approximate surface area is 225 Å². The van der Waals surface area contributed by atoms with E-state index in [4.69, 9.17) is 23.2 Å². The van der Waals surface area contributed by atoms with E-state index in [0.717, 1.165) is 10.6 Å². The summed E-state index contributed by atoms with van der Waals surface area (Å²) in [7, 11) is -3.81. The van der Waals surface area contributed by atoms with E-state index in [0.29, 0.717) is 38.7 Å². The number of carbonyl (C=O) groups is 2. The van der Waals surface area contributed by atoms with Crippen molar-refractivity contribution in [1.29, 1.82) is 0 Å². The third-order valence-corrected chi connectivity index (χ3v) is 7.58. The predicted octanol–water partition coefficient (Wildman–Crippen LogP) is 5.10. The van der Waals surface area contributed by atoms with Crippen LogP contribution in [0.2, 0.25) is 10.0 Å². The molecule has 1 N–H and O–H groups in total. The third kappa shape index (κ3) is 8.37. The van der Waals surface area contributed by atoms with E-state index in [1.807, 2.05) is 13.8 Å². The molecule has 0 aromatic heterocycles. The van der Waals surface area contributed by atoms with E-state index in [1.54, 1.807) is 49.4 Å². The lowest BCUT2D eigenvalue weighted by molar-refractivity contribution is -0.140. The Kier molecular flexibility index (Phi) is 10.9. The molecule has 0 bridgehead atoms. The van der Waals surface area contributed by atoms with Gasteiger partial charge in [0.15, 0.2) is 0 Å². The van der Waals surface area contributed by atoms with Gasteiger partial charge in [-0.05, 0) is 42.7 Å². The van der Waals surface area contributed by atoms with Gasteiger partial charge in [-0.2, -0.15) is 0 Å². The smallest absolute Gasteiger partial charge is 0.244 e. The summed E-state index contributed by atoms with van der Waals surface area (Å²) in [5.74, 6) is -0.667. The zero-order valence-electron chi connectivity index (χ0n) is 20.1. The zero-order valence-corrected chi connectivity index (χ0v) is 24.0. The van der Waals surface area contributed by atoms with E-state index >= 15 is 0 Å². The molecule has 0 aliphatic rings. The molecular weight excluding hydrogens is 577 g/mol. The van der Waals surface area contributed by atoms with Gasteiger partial charge in [0.1, 0.15) is 12.6 Å². The average Bonchev–Trinajstić information content (AvgIpc) is 2.76. The summed E-state index contributed by atoms with van der Waals surface area (Å²) in [6, 6.07) is 10.8. The molecule has 0 aliphatic heterocycles. The van der Waals surface area contributed by atoms with E-state index in [2.05, 4.69) is 21.2 Å². The molecule has 0 aliphatic carbocycles. The summed E-state index contributed by atoms with van der Waals surface area (Å²) >= 11 is 16.1. The minimum absolute atomic E-state index is 0.0545. The van der Waals surface area contributed by atoms with E-state index in [-0.39, 0.29) is 18.4 Å². The Morgan fingerprint density at radius 2 is 1.69 bits per heavy atom. The van der Waals surface area contributed by atoms with Crippen molar-refractivity contribution in [2.75, 3.05) is 23.7 Å². The van der Waals surface area contributed by atoms with Crippen LogP contribution in [0.25, 0.3) is 0 Å². The first kappa shape index (κ1) is 29.4. The van der Waals surface area contributed by atoms with Crippen molar-refractivity contribution in [1.82, 2.24) is 10.2 Å². The Bertz CT molecular complexity index is 1140. The van der Waals surface area contributed by atoms with Crippen LogP contribution in [0.3, 0.4) is 0 Å². The molecule has 2 aromatic carbocycles. The molecular formula is C24H30BrCl2N3O4S. The van der Waals surface area contributed by atoms with Crippen LogP contribution in [0.4, 0.5) is 5.69 Å². The summed E-state index contributed by atoms with van der Waals surface area (Å²) in [6.07, 6.45) is 1.34. The standard InChI is InChI=1S/C24H30BrCl2N3O4S/c1-5-22(24(32)28-13-16(2)3)29(14-19-20(26)10-7-11-21(19)27)23(31)15-30(35(4,33)34)18-9-6-8-17(25)12-18/h6-12,16,22H,5,13-15H2,1-4H3,(H,28,32)/t22-/m1/s1. The minimum Gasteiger partial charge on any atom is -0.354 e. The molecule has 1 atom stereocenters. The van der Waals surface area contributed by atoms with Gasteiger partial charge >= 0.3 is 0 Å². The molecule has 0 radical (unpaired) electrons. The van der Waals surface area contributed by atoms with Gasteiger partial charge in [0.25, 0.3) is 0 Å². The first-order chi connectivity index (χ1) is 16.3. The fourth-order valence-corrected chi connectivity index (χ4v) is 5.19. The van der Waals surface area contributed by atoms with Crippen molar-refractivity contribution in [3.8, 4) is 0 Å². The lowest BCUT2D eigenvalue weighted by Gasteiger charge is -2.33. The largest absolute Gasteiger partial charge is 0.354 e. The fourth-order valence-electron chi connectivity index (χ4n) is 3.44. The van der Waals surface area contributed by atoms with Crippen LogP contribution < -0.4 is 9.62 Å². The first-order valence-electron chi connectivity index (χ1n) is 11.1. The van der Waals surface area contributed by atoms with Crippen LogP contribution in [-0.2, 0) is 26.2 Å². The Hall–Kier alpha value is -1.81. The summed E-state index contributed by atoms with van der Waals surface area (Å²) < 4.78 is 27.0. The number of halogens is 3. The number of nitrogens with zero attached hydrogens (tertiary/aromatic N) is 2. The number of hydrogen-bond acceptors (Lipinski definition) is 4. The molecule has 0 unspecified atom stereocenters. The second-order valence-electron chi connectivity index (χ2n) is 8.53. The molecule has 0 heterocycles. The number of benzene rings is 2. The second kappa shape index (κ2) is 12.9. The van der Waals surface area contributed by atoms with Crippen LogP contribution in [0, 0.1) is 5.92 Å². The topological polar surface area (TPSA) is 86.8 Å². The molecule has 0 fully saturated rings. The summed E-state index contributed by atoms with van der Waals surface area (Å²) in [5, 5.41) is 3.56. The molecule has 2 rings (SSSR count). The number of sulfonamides is 1. The van der Waals surface area contributed by atoms with Crippen LogP contribution in [-0.4, -0.2) is 50.5 Å². The quantitative estimate of drug-likeness (QED) is 0.385. The van der Waals surface area contributed by atoms with Crippen molar-refractivity contribution in [2.45, 2.75) is 39.8 Å². The highest BCUT2D eigenvalue weighted by molar-refractivity contribution is 9.10. The number of amides is 2. The zero-order chi connectivity index (χ0) is 26.3. The van der Waals surface area contributed by atoms with Gasteiger partial charge in [-0.15, -0.1) is 0 Å². The maximum absolute atomic E-state index is 13.7. The minimum atomic E-state index is -3.81. The van der Waals surface area contributed by atoms with Gasteiger partial charge in [-0.25, -0.2) is 8.42 Å². The molecule has 2 aromatic rings. The fraction of sp³-hybridized carbons (Fsp3) is 0.417. The van der Waals surface area contributed by atoms with Crippen molar-refractivity contribution in [2.24, 2.45) is 5.92 Å². The van der Waals surface area contributed by atoms with Crippen LogP contribution in [0.5, 0.6) is 0 Å². The normalized spacial score (nSPS) is 12.3. The SMILES string of the molecule is CC[C@H](C(=O)NCC(C)C)N(Cc1c(Cl)cccc1Cl)C(=O)CN(c1cccc(Br)c1)S(C)(=O)=O. The van der Waals surface area contributed by atoms with Crippen molar-refractivity contribution in [3.05, 3.63) is 62.5 Å². The summed E-state index contributed by atoms with van der Waals surface area (Å²) in [6.45, 7) is 5.62. The van der Waals surface area contributed by atoms with Crippen LogP contribution >= 0.6 is 39.1 Å². The number of hydrogen-bond donors (Lipinski definition) is 1. The van der Waals surface area contributed by atoms with Gasteiger partial charge in [0.05, 0.1) is 11.9 Å². The van der Waals surface area contributed by atoms with Gasteiger partial charge in [0.2, 0.25) is 21.8 Å². The van der Waals surface area contributed by atoms with E-state index in [9.17, 15) is 18.0 Å². The molecule has 7 nitrogen and oxygen atoms in total. The molecule has 2 amide bonds. The second-order valence-corrected chi connectivity index (χ2v) is 12.2. The van der Waals surface area contributed by atoms with Crippen LogP contribution in [0.15, 0.2) is 46.9 Å². The summed E-state index contributed by atoms with van der Waals surface area (Å²) in [4.78, 5) is 28.1. The maximum atomic E-state index is 13.7. The van der Waals surface area contributed by atoms with Crippen molar-refractivity contribution >= 4 is 66.7 Å². The molecule has 0 spiro atoms. The molecule has 0 saturated carbocycles. The monoisotopic (exact) mass is 605 g/mol. The van der Waals surface area contributed by atoms with E-state index in [1.165, 1.54) is 4.90 Å².